The second-order valence-electron chi connectivity index (χ2n) is 5.37. The number of aromatic nitrogens is 1. The lowest BCUT2D eigenvalue weighted by Gasteiger charge is -2.22. The standard InChI is InChI=1S/C17H19ClFN3O/c1-4-22(16-15(19)9-14(18)10-20-16)11-12-5-7-13(8-6-12)17(23)21(2)3/h5-10H,4,11H2,1-3H3. The minimum atomic E-state index is -0.446. The first-order valence-corrected chi connectivity index (χ1v) is 7.66. The molecular weight excluding hydrogens is 317 g/mol. The summed E-state index contributed by atoms with van der Waals surface area (Å²) in [6, 6.07) is 8.54. The zero-order chi connectivity index (χ0) is 17.0. The predicted molar refractivity (Wildman–Crippen MR) is 90.4 cm³/mol. The van der Waals surface area contributed by atoms with Crippen LogP contribution in [0.25, 0.3) is 0 Å². The van der Waals surface area contributed by atoms with Gasteiger partial charge in [-0.1, -0.05) is 23.7 Å². The van der Waals surface area contributed by atoms with E-state index >= 15 is 0 Å². The van der Waals surface area contributed by atoms with Crippen LogP contribution in [0.15, 0.2) is 36.5 Å². The number of benzene rings is 1. The van der Waals surface area contributed by atoms with E-state index in [0.717, 1.165) is 5.56 Å². The number of carbonyl (C=O) groups is 1. The van der Waals surface area contributed by atoms with Crippen molar-refractivity contribution in [2.45, 2.75) is 13.5 Å². The maximum Gasteiger partial charge on any atom is 0.253 e. The minimum absolute atomic E-state index is 0.0469. The van der Waals surface area contributed by atoms with Gasteiger partial charge in [-0.05, 0) is 30.7 Å². The van der Waals surface area contributed by atoms with Gasteiger partial charge in [0, 0.05) is 38.9 Å². The van der Waals surface area contributed by atoms with Crippen LogP contribution in [0.2, 0.25) is 5.02 Å². The predicted octanol–water partition coefficient (Wildman–Crippen LogP) is 3.60. The average molecular weight is 336 g/mol. The highest BCUT2D eigenvalue weighted by atomic mass is 35.5. The topological polar surface area (TPSA) is 36.4 Å². The largest absolute Gasteiger partial charge is 0.350 e. The number of amides is 1. The smallest absolute Gasteiger partial charge is 0.253 e. The van der Waals surface area contributed by atoms with Crippen LogP contribution < -0.4 is 4.90 Å². The van der Waals surface area contributed by atoms with E-state index in [1.54, 1.807) is 26.2 Å². The molecule has 0 atom stereocenters. The molecule has 0 aliphatic heterocycles. The Morgan fingerprint density at radius 2 is 1.91 bits per heavy atom. The minimum Gasteiger partial charge on any atom is -0.350 e. The van der Waals surface area contributed by atoms with Gasteiger partial charge in [0.05, 0.1) is 5.02 Å². The van der Waals surface area contributed by atoms with Gasteiger partial charge in [-0.25, -0.2) is 9.37 Å². The Labute approximate surface area is 140 Å². The molecule has 0 unspecified atom stereocenters. The Morgan fingerprint density at radius 1 is 1.26 bits per heavy atom. The molecule has 1 heterocycles. The Balaban J connectivity index is 2.17. The van der Waals surface area contributed by atoms with Crippen molar-refractivity contribution in [3.63, 3.8) is 0 Å². The molecule has 122 valence electrons. The summed E-state index contributed by atoms with van der Waals surface area (Å²) in [6.07, 6.45) is 1.43. The van der Waals surface area contributed by atoms with Crippen LogP contribution in [0.3, 0.4) is 0 Å². The van der Waals surface area contributed by atoms with Gasteiger partial charge in [-0.15, -0.1) is 0 Å². The highest BCUT2D eigenvalue weighted by Crippen LogP contribution is 2.21. The molecule has 1 aromatic heterocycles. The molecule has 0 spiro atoms. The van der Waals surface area contributed by atoms with Gasteiger partial charge in [-0.3, -0.25) is 4.79 Å². The van der Waals surface area contributed by atoms with E-state index in [0.29, 0.717) is 18.7 Å². The van der Waals surface area contributed by atoms with Crippen LogP contribution >= 0.6 is 11.6 Å². The van der Waals surface area contributed by atoms with E-state index in [-0.39, 0.29) is 16.7 Å². The van der Waals surface area contributed by atoms with Crippen LogP contribution in [0.4, 0.5) is 10.2 Å². The van der Waals surface area contributed by atoms with Crippen molar-refractivity contribution in [3.8, 4) is 0 Å². The molecule has 0 N–H and O–H groups in total. The monoisotopic (exact) mass is 335 g/mol. The lowest BCUT2D eigenvalue weighted by atomic mass is 10.1. The molecular formula is C17H19ClFN3O. The van der Waals surface area contributed by atoms with Crippen LogP contribution in [0.1, 0.15) is 22.8 Å². The van der Waals surface area contributed by atoms with Crippen molar-refractivity contribution in [2.75, 3.05) is 25.5 Å². The Kier molecular flexibility index (Phi) is 5.55. The Hall–Kier alpha value is -2.14. The first-order valence-electron chi connectivity index (χ1n) is 7.29. The summed E-state index contributed by atoms with van der Waals surface area (Å²) in [5, 5.41) is 0.272. The molecule has 0 aliphatic rings. The molecule has 0 fully saturated rings. The number of rotatable bonds is 5. The van der Waals surface area contributed by atoms with Gasteiger partial charge < -0.3 is 9.80 Å². The number of anilines is 1. The van der Waals surface area contributed by atoms with E-state index in [1.165, 1.54) is 17.2 Å². The molecule has 6 heteroatoms. The highest BCUT2D eigenvalue weighted by Gasteiger charge is 2.13. The van der Waals surface area contributed by atoms with Gasteiger partial charge in [0.2, 0.25) is 0 Å². The van der Waals surface area contributed by atoms with E-state index in [1.807, 2.05) is 24.0 Å². The second kappa shape index (κ2) is 7.42. The fourth-order valence-corrected chi connectivity index (χ4v) is 2.35. The molecule has 1 aromatic carbocycles. The SMILES string of the molecule is CCN(Cc1ccc(C(=O)N(C)C)cc1)c1ncc(Cl)cc1F. The van der Waals surface area contributed by atoms with E-state index in [4.69, 9.17) is 11.6 Å². The number of carbonyl (C=O) groups excluding carboxylic acids is 1. The van der Waals surface area contributed by atoms with Crippen molar-refractivity contribution in [1.29, 1.82) is 0 Å². The quantitative estimate of drug-likeness (QED) is 0.837. The molecule has 4 nitrogen and oxygen atoms in total. The van der Waals surface area contributed by atoms with Crippen LogP contribution in [0.5, 0.6) is 0 Å². The molecule has 1 amide bonds. The Morgan fingerprint density at radius 3 is 2.43 bits per heavy atom. The third kappa shape index (κ3) is 4.20. The summed E-state index contributed by atoms with van der Waals surface area (Å²) in [5.41, 5.74) is 1.59. The fourth-order valence-electron chi connectivity index (χ4n) is 2.21. The summed E-state index contributed by atoms with van der Waals surface area (Å²) in [7, 11) is 3.42. The summed E-state index contributed by atoms with van der Waals surface area (Å²) in [4.78, 5) is 19.3. The maximum atomic E-state index is 14.0. The third-order valence-electron chi connectivity index (χ3n) is 3.45. The van der Waals surface area contributed by atoms with Crippen molar-refractivity contribution < 1.29 is 9.18 Å². The average Bonchev–Trinajstić information content (AvgIpc) is 2.53. The van der Waals surface area contributed by atoms with E-state index in [9.17, 15) is 9.18 Å². The van der Waals surface area contributed by atoms with Crippen molar-refractivity contribution in [2.24, 2.45) is 0 Å². The number of halogens is 2. The molecule has 0 saturated heterocycles. The molecule has 0 radical (unpaired) electrons. The van der Waals surface area contributed by atoms with E-state index in [2.05, 4.69) is 4.98 Å². The fraction of sp³-hybridized carbons (Fsp3) is 0.294. The van der Waals surface area contributed by atoms with Gasteiger partial charge in [-0.2, -0.15) is 0 Å². The van der Waals surface area contributed by atoms with Gasteiger partial charge in [0.25, 0.3) is 5.91 Å². The number of hydrogen-bond acceptors (Lipinski definition) is 3. The van der Waals surface area contributed by atoms with Crippen molar-refractivity contribution >= 4 is 23.3 Å². The molecule has 2 rings (SSSR count). The summed E-state index contributed by atoms with van der Waals surface area (Å²) in [6.45, 7) is 3.03. The number of pyridine rings is 1. The van der Waals surface area contributed by atoms with Crippen molar-refractivity contribution in [1.82, 2.24) is 9.88 Å². The molecule has 0 saturated carbocycles. The van der Waals surface area contributed by atoms with Crippen LogP contribution in [-0.2, 0) is 6.54 Å². The highest BCUT2D eigenvalue weighted by molar-refractivity contribution is 6.30. The lowest BCUT2D eigenvalue weighted by Crippen LogP contribution is -2.24. The third-order valence-corrected chi connectivity index (χ3v) is 3.66. The Bertz CT molecular complexity index is 689. The van der Waals surface area contributed by atoms with Crippen LogP contribution in [0, 0.1) is 5.82 Å². The van der Waals surface area contributed by atoms with E-state index < -0.39 is 5.82 Å². The molecule has 23 heavy (non-hydrogen) atoms. The zero-order valence-corrected chi connectivity index (χ0v) is 14.1. The number of nitrogens with zero attached hydrogens (tertiary/aromatic N) is 3. The van der Waals surface area contributed by atoms with Gasteiger partial charge in [0.15, 0.2) is 11.6 Å². The summed E-state index contributed by atoms with van der Waals surface area (Å²) < 4.78 is 14.0. The molecule has 2 aromatic rings. The van der Waals surface area contributed by atoms with Crippen LogP contribution in [-0.4, -0.2) is 36.4 Å². The normalized spacial score (nSPS) is 10.5. The first-order chi connectivity index (χ1) is 10.9. The lowest BCUT2D eigenvalue weighted by molar-refractivity contribution is 0.0827. The first kappa shape index (κ1) is 17.2. The molecule has 0 bridgehead atoms. The summed E-state index contributed by atoms with van der Waals surface area (Å²) >= 11 is 5.74. The number of hydrogen-bond donors (Lipinski definition) is 0. The summed E-state index contributed by atoms with van der Waals surface area (Å²) in [5.74, 6) is -0.224. The zero-order valence-electron chi connectivity index (χ0n) is 13.4. The maximum absolute atomic E-state index is 14.0. The molecule has 0 aliphatic carbocycles. The second-order valence-corrected chi connectivity index (χ2v) is 5.81. The van der Waals surface area contributed by atoms with Gasteiger partial charge >= 0.3 is 0 Å². The van der Waals surface area contributed by atoms with Crippen molar-refractivity contribution in [3.05, 3.63) is 58.5 Å². The van der Waals surface area contributed by atoms with Gasteiger partial charge in [0.1, 0.15) is 0 Å².